The zero-order valence-corrected chi connectivity index (χ0v) is 16.1. The first-order valence-corrected chi connectivity index (χ1v) is 9.87. The maximum absolute atomic E-state index is 6.65. The molecular formula is C23H32O. The Hall–Kier alpha value is -1.24. The monoisotopic (exact) mass is 324 g/mol. The molecule has 0 amide bonds. The van der Waals surface area contributed by atoms with Crippen molar-refractivity contribution < 1.29 is 4.74 Å². The number of allylic oxidation sites excluding steroid dienone is 2. The van der Waals surface area contributed by atoms with E-state index in [1.807, 2.05) is 0 Å². The van der Waals surface area contributed by atoms with Crippen molar-refractivity contribution in [1.82, 2.24) is 0 Å². The summed E-state index contributed by atoms with van der Waals surface area (Å²) in [6, 6.07) is 4.83. The Bertz CT molecular complexity index is 711. The summed E-state index contributed by atoms with van der Waals surface area (Å²) in [6.45, 7) is 11.7. The van der Waals surface area contributed by atoms with Gasteiger partial charge in [0.05, 0.1) is 0 Å². The molecule has 130 valence electrons. The quantitative estimate of drug-likeness (QED) is 0.478. The van der Waals surface area contributed by atoms with Crippen LogP contribution in [-0.2, 0) is 18.3 Å². The van der Waals surface area contributed by atoms with Crippen molar-refractivity contribution in [2.75, 3.05) is 0 Å². The molecule has 0 saturated heterocycles. The van der Waals surface area contributed by atoms with Crippen molar-refractivity contribution in [1.29, 1.82) is 0 Å². The molecular weight excluding hydrogens is 292 g/mol. The summed E-state index contributed by atoms with van der Waals surface area (Å²) in [5, 5.41) is 0. The maximum atomic E-state index is 6.65. The minimum absolute atomic E-state index is 0.114. The largest absolute Gasteiger partial charge is 0.487 e. The first kappa shape index (κ1) is 16.2. The normalized spacial score (nSPS) is 32.1. The van der Waals surface area contributed by atoms with Gasteiger partial charge in [-0.05, 0) is 70.1 Å². The first-order valence-electron chi connectivity index (χ1n) is 9.87. The lowest BCUT2D eigenvalue weighted by Crippen LogP contribution is -2.66. The first-order chi connectivity index (χ1) is 11.3. The fourth-order valence-electron chi connectivity index (χ4n) is 5.61. The Kier molecular flexibility index (Phi) is 3.47. The van der Waals surface area contributed by atoms with Crippen LogP contribution in [0.1, 0.15) is 83.4 Å². The van der Waals surface area contributed by atoms with Crippen LogP contribution in [0.4, 0.5) is 0 Å². The van der Waals surface area contributed by atoms with Gasteiger partial charge in [-0.15, -0.1) is 0 Å². The van der Waals surface area contributed by atoms with Gasteiger partial charge in [-0.25, -0.2) is 0 Å². The summed E-state index contributed by atoms with van der Waals surface area (Å²) in [7, 11) is 0. The average Bonchev–Trinajstić information content (AvgIpc) is 2.48. The van der Waals surface area contributed by atoms with E-state index < -0.39 is 0 Å². The van der Waals surface area contributed by atoms with E-state index in [2.05, 4.69) is 52.8 Å². The Morgan fingerprint density at radius 2 is 1.92 bits per heavy atom. The van der Waals surface area contributed by atoms with Crippen molar-refractivity contribution in [2.45, 2.75) is 90.6 Å². The van der Waals surface area contributed by atoms with Crippen molar-refractivity contribution in [3.8, 4) is 5.75 Å². The average molecular weight is 325 g/mol. The van der Waals surface area contributed by atoms with Crippen LogP contribution in [0.5, 0.6) is 5.75 Å². The van der Waals surface area contributed by atoms with Crippen LogP contribution in [0.2, 0.25) is 0 Å². The highest BCUT2D eigenvalue weighted by atomic mass is 16.5. The minimum Gasteiger partial charge on any atom is -0.487 e. The van der Waals surface area contributed by atoms with Crippen LogP contribution in [0, 0.1) is 5.41 Å². The molecule has 0 fully saturated rings. The van der Waals surface area contributed by atoms with Crippen molar-refractivity contribution in [2.24, 2.45) is 5.41 Å². The van der Waals surface area contributed by atoms with Crippen LogP contribution in [-0.4, -0.2) is 5.60 Å². The summed E-state index contributed by atoms with van der Waals surface area (Å²) < 4.78 is 6.65. The van der Waals surface area contributed by atoms with E-state index in [1.54, 1.807) is 11.1 Å². The van der Waals surface area contributed by atoms with E-state index in [-0.39, 0.29) is 16.4 Å². The highest BCUT2D eigenvalue weighted by Gasteiger charge is 2.66. The third-order valence-corrected chi connectivity index (χ3v) is 7.42. The molecule has 1 aromatic carbocycles. The molecule has 1 heteroatoms. The van der Waals surface area contributed by atoms with Crippen molar-refractivity contribution >= 4 is 0 Å². The Morgan fingerprint density at radius 3 is 2.67 bits per heavy atom. The molecule has 1 spiro atoms. The van der Waals surface area contributed by atoms with Gasteiger partial charge in [0.1, 0.15) is 11.4 Å². The molecule has 24 heavy (non-hydrogen) atoms. The van der Waals surface area contributed by atoms with E-state index >= 15 is 0 Å². The van der Waals surface area contributed by atoms with Gasteiger partial charge in [-0.2, -0.15) is 0 Å². The number of ether oxygens (including phenoxy) is 1. The molecule has 0 saturated carbocycles. The molecule has 0 N–H and O–H groups in total. The van der Waals surface area contributed by atoms with E-state index in [1.165, 1.54) is 61.8 Å². The zero-order valence-electron chi connectivity index (χ0n) is 16.1. The van der Waals surface area contributed by atoms with Gasteiger partial charge in [0.15, 0.2) is 0 Å². The van der Waals surface area contributed by atoms with E-state index in [9.17, 15) is 0 Å². The molecule has 0 bridgehead atoms. The molecule has 4 rings (SSSR count). The molecule has 1 nitrogen and oxygen atoms in total. The SMILES string of the molecule is CCCCCc1cc2c3c(c1)OC(C)(C)[C@]1(C)CCC(C)=C[C@@]31C2. The lowest BCUT2D eigenvalue weighted by Gasteiger charge is -2.65. The van der Waals surface area contributed by atoms with Gasteiger partial charge >= 0.3 is 0 Å². The topological polar surface area (TPSA) is 9.23 Å². The number of benzene rings is 1. The Balaban J connectivity index is 1.80. The standard InChI is InChI=1S/C23H32O/c1-6-7-8-9-17-12-18-15-23-14-16(2)10-11-22(23,5)21(3,4)24-19(13-17)20(18)23/h12-14H,6-11,15H2,1-5H3/t22-,23+/m0/s1. The summed E-state index contributed by atoms with van der Waals surface area (Å²) in [6.07, 6.45) is 11.3. The van der Waals surface area contributed by atoms with E-state index in [4.69, 9.17) is 4.74 Å². The summed E-state index contributed by atoms with van der Waals surface area (Å²) >= 11 is 0. The predicted molar refractivity (Wildman–Crippen MR) is 101 cm³/mol. The second kappa shape index (κ2) is 5.13. The predicted octanol–water partition coefficient (Wildman–Crippen LogP) is 6.13. The summed E-state index contributed by atoms with van der Waals surface area (Å²) in [5.74, 6) is 1.18. The molecule has 1 aliphatic heterocycles. The van der Waals surface area contributed by atoms with E-state index in [0.717, 1.165) is 0 Å². The fraction of sp³-hybridized carbons (Fsp3) is 0.652. The van der Waals surface area contributed by atoms with Crippen LogP contribution < -0.4 is 4.74 Å². The summed E-state index contributed by atoms with van der Waals surface area (Å²) in [5.41, 5.74) is 6.40. The number of unbranched alkanes of at least 4 members (excludes halogenated alkanes) is 2. The number of hydrogen-bond acceptors (Lipinski definition) is 1. The van der Waals surface area contributed by atoms with E-state index in [0.29, 0.717) is 0 Å². The third kappa shape index (κ3) is 1.93. The van der Waals surface area contributed by atoms with Gasteiger partial charge in [-0.1, -0.05) is 44.4 Å². The second-order valence-corrected chi connectivity index (χ2v) is 9.17. The van der Waals surface area contributed by atoms with Gasteiger partial charge in [0, 0.05) is 16.4 Å². The molecule has 1 heterocycles. The Labute approximate surface area is 147 Å². The molecule has 0 aromatic heterocycles. The molecule has 2 aliphatic carbocycles. The lowest BCUT2D eigenvalue weighted by molar-refractivity contribution is -0.100. The zero-order chi connectivity index (χ0) is 17.2. The van der Waals surface area contributed by atoms with Gasteiger partial charge in [0.2, 0.25) is 0 Å². The van der Waals surface area contributed by atoms with Crippen molar-refractivity contribution in [3.63, 3.8) is 0 Å². The van der Waals surface area contributed by atoms with Crippen LogP contribution >= 0.6 is 0 Å². The maximum Gasteiger partial charge on any atom is 0.124 e. The number of aryl methyl sites for hydroxylation is 1. The number of rotatable bonds is 4. The third-order valence-electron chi connectivity index (χ3n) is 7.42. The molecule has 1 aromatic rings. The lowest BCUT2D eigenvalue weighted by atomic mass is 9.42. The van der Waals surface area contributed by atoms with Gasteiger partial charge in [-0.3, -0.25) is 0 Å². The second-order valence-electron chi connectivity index (χ2n) is 9.17. The van der Waals surface area contributed by atoms with Gasteiger partial charge < -0.3 is 4.74 Å². The van der Waals surface area contributed by atoms with Crippen LogP contribution in [0.15, 0.2) is 23.8 Å². The molecule has 0 unspecified atom stereocenters. The van der Waals surface area contributed by atoms with Crippen molar-refractivity contribution in [3.05, 3.63) is 40.5 Å². The van der Waals surface area contributed by atoms with Gasteiger partial charge in [0.25, 0.3) is 0 Å². The Morgan fingerprint density at radius 1 is 1.12 bits per heavy atom. The smallest absolute Gasteiger partial charge is 0.124 e. The molecule has 2 atom stereocenters. The van der Waals surface area contributed by atoms with Crippen LogP contribution in [0.3, 0.4) is 0 Å². The molecule has 0 radical (unpaired) electrons. The highest BCUT2D eigenvalue weighted by Crippen LogP contribution is 2.68. The minimum atomic E-state index is -0.114. The molecule has 3 aliphatic rings. The van der Waals surface area contributed by atoms with Crippen LogP contribution in [0.25, 0.3) is 0 Å². The highest BCUT2D eigenvalue weighted by molar-refractivity contribution is 5.63. The fourth-order valence-corrected chi connectivity index (χ4v) is 5.61. The number of hydrogen-bond donors (Lipinski definition) is 0. The summed E-state index contributed by atoms with van der Waals surface area (Å²) in [4.78, 5) is 0.